The number of rotatable bonds is 8. The fourth-order valence-corrected chi connectivity index (χ4v) is 4.29. The van der Waals surface area contributed by atoms with Crippen LogP contribution in [-0.2, 0) is 9.59 Å². The van der Waals surface area contributed by atoms with Gasteiger partial charge in [-0.05, 0) is 49.2 Å². The molecule has 0 spiro atoms. The van der Waals surface area contributed by atoms with Gasteiger partial charge in [-0.1, -0.05) is 30.5 Å². The van der Waals surface area contributed by atoms with Gasteiger partial charge in [0, 0.05) is 29.7 Å². The molecule has 2 aromatic heterocycles. The zero-order chi connectivity index (χ0) is 24.8. The number of carbonyl (C=O) groups is 3. The van der Waals surface area contributed by atoms with Gasteiger partial charge < -0.3 is 15.1 Å². The summed E-state index contributed by atoms with van der Waals surface area (Å²) in [6.07, 6.45) is 8.11. The Labute approximate surface area is 206 Å². The molecule has 10 heteroatoms. The van der Waals surface area contributed by atoms with E-state index in [-0.39, 0.29) is 22.5 Å². The molecule has 4 rings (SSSR count). The third-order valence-corrected chi connectivity index (χ3v) is 6.09. The predicted molar refractivity (Wildman–Crippen MR) is 127 cm³/mol. The summed E-state index contributed by atoms with van der Waals surface area (Å²) >= 11 is 6.02. The van der Waals surface area contributed by atoms with Gasteiger partial charge >= 0.3 is 0 Å². The number of nitrogens with one attached hydrogen (secondary N) is 2. The number of hydrogen-bond donors (Lipinski definition) is 2. The molecule has 1 fully saturated rings. The Bertz CT molecular complexity index is 1180. The number of aromatic nitrogens is 1. The van der Waals surface area contributed by atoms with Gasteiger partial charge in [-0.3, -0.25) is 24.3 Å². The molecule has 2 N–H and O–H groups in total. The molecule has 3 aromatic rings. The number of benzene rings is 1. The lowest BCUT2D eigenvalue weighted by Crippen LogP contribution is -2.49. The fraction of sp³-hybridized carbons (Fsp3) is 0.280. The standard InChI is InChI=1S/C25H24ClFN4O4/c26-19-13-18(9-10-20(19)27)31(22(32)15-29-24(33)21-8-4-12-35-21)23(16-5-3-11-28-14-16)25(34)30-17-6-1-2-7-17/h3-5,8-14,17,23H,1-2,6-7,15H2,(H,29,33)(H,30,34). The van der Waals surface area contributed by atoms with Crippen LogP contribution in [0.4, 0.5) is 10.1 Å². The van der Waals surface area contributed by atoms with E-state index >= 15 is 0 Å². The predicted octanol–water partition coefficient (Wildman–Crippen LogP) is 4.03. The number of furan rings is 1. The van der Waals surface area contributed by atoms with Crippen LogP contribution in [-0.4, -0.2) is 35.3 Å². The third-order valence-electron chi connectivity index (χ3n) is 5.80. The van der Waals surface area contributed by atoms with Gasteiger partial charge in [0.1, 0.15) is 11.9 Å². The van der Waals surface area contributed by atoms with Gasteiger partial charge in [0.2, 0.25) is 11.8 Å². The Morgan fingerprint density at radius 1 is 1.17 bits per heavy atom. The monoisotopic (exact) mass is 498 g/mol. The highest BCUT2D eigenvalue weighted by Crippen LogP contribution is 2.31. The molecule has 8 nitrogen and oxygen atoms in total. The Balaban J connectivity index is 1.69. The van der Waals surface area contributed by atoms with Crippen molar-refractivity contribution in [3.8, 4) is 0 Å². The van der Waals surface area contributed by atoms with Gasteiger partial charge in [-0.25, -0.2) is 4.39 Å². The highest BCUT2D eigenvalue weighted by Gasteiger charge is 2.35. The summed E-state index contributed by atoms with van der Waals surface area (Å²) < 4.78 is 19.0. The van der Waals surface area contributed by atoms with Crippen molar-refractivity contribution in [3.05, 3.63) is 83.3 Å². The van der Waals surface area contributed by atoms with Gasteiger partial charge in [0.15, 0.2) is 5.76 Å². The number of anilines is 1. The zero-order valence-electron chi connectivity index (χ0n) is 18.7. The van der Waals surface area contributed by atoms with E-state index in [1.807, 2.05) is 0 Å². The molecule has 182 valence electrons. The maximum absolute atomic E-state index is 13.9. The quantitative estimate of drug-likeness (QED) is 0.488. The summed E-state index contributed by atoms with van der Waals surface area (Å²) in [7, 11) is 0. The summed E-state index contributed by atoms with van der Waals surface area (Å²) in [6.45, 7) is -0.442. The number of hydrogen-bond acceptors (Lipinski definition) is 5. The fourth-order valence-electron chi connectivity index (χ4n) is 4.11. The number of carbonyl (C=O) groups excluding carboxylic acids is 3. The molecule has 0 bridgehead atoms. The van der Waals surface area contributed by atoms with Crippen LogP contribution in [0, 0.1) is 5.82 Å². The molecule has 35 heavy (non-hydrogen) atoms. The van der Waals surface area contributed by atoms with Gasteiger partial charge in [0.25, 0.3) is 5.91 Å². The van der Waals surface area contributed by atoms with E-state index in [9.17, 15) is 18.8 Å². The summed E-state index contributed by atoms with van der Waals surface area (Å²) in [5.41, 5.74) is 0.651. The molecular formula is C25H24ClFN4O4. The highest BCUT2D eigenvalue weighted by atomic mass is 35.5. The topological polar surface area (TPSA) is 105 Å². The average Bonchev–Trinajstić information content (AvgIpc) is 3.58. The first kappa shape index (κ1) is 24.4. The lowest BCUT2D eigenvalue weighted by molar-refractivity contribution is -0.126. The van der Waals surface area contributed by atoms with E-state index < -0.39 is 36.1 Å². The van der Waals surface area contributed by atoms with E-state index in [1.165, 1.54) is 35.6 Å². The zero-order valence-corrected chi connectivity index (χ0v) is 19.5. The highest BCUT2D eigenvalue weighted by molar-refractivity contribution is 6.31. The van der Waals surface area contributed by atoms with Crippen LogP contribution in [0.25, 0.3) is 0 Å². The van der Waals surface area contributed by atoms with E-state index in [2.05, 4.69) is 15.6 Å². The molecule has 3 amide bonds. The minimum absolute atomic E-state index is 0.00548. The molecule has 0 radical (unpaired) electrons. The van der Waals surface area contributed by atoms with Crippen molar-refractivity contribution in [2.24, 2.45) is 0 Å². The second kappa shape index (κ2) is 11.1. The first-order valence-electron chi connectivity index (χ1n) is 11.2. The van der Waals surface area contributed by atoms with Crippen molar-refractivity contribution in [1.29, 1.82) is 0 Å². The lowest BCUT2D eigenvalue weighted by Gasteiger charge is -2.32. The van der Waals surface area contributed by atoms with Gasteiger partial charge in [-0.2, -0.15) is 0 Å². The first-order chi connectivity index (χ1) is 16.9. The van der Waals surface area contributed by atoms with Crippen LogP contribution in [0.2, 0.25) is 5.02 Å². The molecular weight excluding hydrogens is 475 g/mol. The van der Waals surface area contributed by atoms with Crippen molar-refractivity contribution >= 4 is 35.0 Å². The SMILES string of the molecule is O=C(NCC(=O)N(c1ccc(F)c(Cl)c1)C(C(=O)NC1CCCC1)c1cccnc1)c1ccco1. The molecule has 1 atom stereocenters. The average molecular weight is 499 g/mol. The maximum atomic E-state index is 13.9. The van der Waals surface area contributed by atoms with Crippen molar-refractivity contribution in [3.63, 3.8) is 0 Å². The van der Waals surface area contributed by atoms with E-state index in [0.717, 1.165) is 31.7 Å². The van der Waals surface area contributed by atoms with Crippen molar-refractivity contribution in [2.45, 2.75) is 37.8 Å². The number of amides is 3. The minimum atomic E-state index is -1.13. The van der Waals surface area contributed by atoms with Crippen LogP contribution >= 0.6 is 11.6 Å². The second-order valence-corrected chi connectivity index (χ2v) is 8.61. The van der Waals surface area contributed by atoms with Crippen LogP contribution in [0.1, 0.15) is 47.8 Å². The van der Waals surface area contributed by atoms with E-state index in [0.29, 0.717) is 5.56 Å². The number of pyridine rings is 1. The third kappa shape index (κ3) is 5.86. The number of halogens is 2. The molecule has 1 unspecified atom stereocenters. The maximum Gasteiger partial charge on any atom is 0.287 e. The normalized spacial score (nSPS) is 14.3. The lowest BCUT2D eigenvalue weighted by atomic mass is 10.0. The molecule has 0 saturated heterocycles. The second-order valence-electron chi connectivity index (χ2n) is 8.20. The first-order valence-corrected chi connectivity index (χ1v) is 11.6. The number of nitrogens with zero attached hydrogens (tertiary/aromatic N) is 2. The minimum Gasteiger partial charge on any atom is -0.459 e. The van der Waals surface area contributed by atoms with Gasteiger partial charge in [0.05, 0.1) is 17.8 Å². The molecule has 1 aromatic carbocycles. The molecule has 0 aliphatic heterocycles. The van der Waals surface area contributed by atoms with Crippen LogP contribution in [0.15, 0.2) is 65.5 Å². The Hall–Kier alpha value is -3.72. The summed E-state index contributed by atoms with van der Waals surface area (Å²) in [4.78, 5) is 44.7. The summed E-state index contributed by atoms with van der Waals surface area (Å²) in [6, 6.07) is 8.97. The van der Waals surface area contributed by atoms with Gasteiger partial charge in [-0.15, -0.1) is 0 Å². The Kier molecular flexibility index (Phi) is 7.77. The smallest absolute Gasteiger partial charge is 0.287 e. The summed E-state index contributed by atoms with van der Waals surface area (Å²) in [5.74, 6) is -2.23. The van der Waals surface area contributed by atoms with E-state index in [1.54, 1.807) is 24.4 Å². The van der Waals surface area contributed by atoms with Crippen molar-refractivity contribution in [2.75, 3.05) is 11.4 Å². The molecule has 1 aliphatic carbocycles. The van der Waals surface area contributed by atoms with Crippen LogP contribution < -0.4 is 15.5 Å². The summed E-state index contributed by atoms with van der Waals surface area (Å²) in [5, 5.41) is 5.32. The Morgan fingerprint density at radius 3 is 2.63 bits per heavy atom. The molecule has 1 saturated carbocycles. The van der Waals surface area contributed by atoms with Crippen LogP contribution in [0.3, 0.4) is 0 Å². The van der Waals surface area contributed by atoms with E-state index in [4.69, 9.17) is 16.0 Å². The van der Waals surface area contributed by atoms with Crippen LogP contribution in [0.5, 0.6) is 0 Å². The largest absolute Gasteiger partial charge is 0.459 e. The Morgan fingerprint density at radius 2 is 1.97 bits per heavy atom. The molecule has 1 aliphatic rings. The van der Waals surface area contributed by atoms with Crippen molar-refractivity contribution < 1.29 is 23.2 Å². The van der Waals surface area contributed by atoms with Crippen molar-refractivity contribution in [1.82, 2.24) is 15.6 Å². The molecule has 2 heterocycles.